The fourth-order valence-corrected chi connectivity index (χ4v) is 3.44. The minimum Gasteiger partial charge on any atom is -0.496 e. The van der Waals surface area contributed by atoms with E-state index in [4.69, 9.17) is 9.47 Å². The Kier molecular flexibility index (Phi) is 4.05. The normalized spacial score (nSPS) is 10.8. The predicted octanol–water partition coefficient (Wildman–Crippen LogP) is 5.24. The van der Waals surface area contributed by atoms with Gasteiger partial charge in [0, 0.05) is 0 Å². The number of ketones is 1. The van der Waals surface area contributed by atoms with Crippen molar-refractivity contribution in [3.63, 3.8) is 0 Å². The van der Waals surface area contributed by atoms with Gasteiger partial charge in [0.15, 0.2) is 0 Å². The van der Waals surface area contributed by atoms with Crippen molar-refractivity contribution in [1.29, 1.82) is 0 Å². The summed E-state index contributed by atoms with van der Waals surface area (Å²) in [5, 5.41) is 3.73. The number of benzene rings is 4. The number of carbonyl (C=O) groups is 1. The van der Waals surface area contributed by atoms with Crippen LogP contribution in [0, 0.1) is 0 Å². The highest BCUT2D eigenvalue weighted by Gasteiger charge is 2.23. The average molecular weight is 342 g/mol. The third-order valence-corrected chi connectivity index (χ3v) is 4.68. The second-order valence-corrected chi connectivity index (χ2v) is 6.06. The molecule has 3 heteroatoms. The summed E-state index contributed by atoms with van der Waals surface area (Å²) >= 11 is 0. The summed E-state index contributed by atoms with van der Waals surface area (Å²) in [6.07, 6.45) is 0. The second kappa shape index (κ2) is 6.52. The standard InChI is InChI=1S/C23H18O3/c1-25-19-13-11-15-7-3-5-9-17(15)21(19)23(24)22-18-10-6-4-8-16(18)12-14-20(22)26-2/h3-14H,1-2H3. The van der Waals surface area contributed by atoms with E-state index in [1.165, 1.54) is 0 Å². The van der Waals surface area contributed by atoms with Crippen molar-refractivity contribution in [1.82, 2.24) is 0 Å². The molecule has 4 aromatic rings. The smallest absolute Gasteiger partial charge is 0.201 e. The number of hydrogen-bond acceptors (Lipinski definition) is 3. The van der Waals surface area contributed by atoms with Crippen LogP contribution in [0.25, 0.3) is 21.5 Å². The van der Waals surface area contributed by atoms with Crippen LogP contribution in [0.1, 0.15) is 15.9 Å². The number of carbonyl (C=O) groups excluding carboxylic acids is 1. The highest BCUT2D eigenvalue weighted by Crippen LogP contribution is 2.35. The van der Waals surface area contributed by atoms with Crippen molar-refractivity contribution in [3.05, 3.63) is 83.9 Å². The molecule has 4 aromatic carbocycles. The Morgan fingerprint density at radius 2 is 1.04 bits per heavy atom. The van der Waals surface area contributed by atoms with Crippen LogP contribution in [-0.2, 0) is 0 Å². The van der Waals surface area contributed by atoms with Gasteiger partial charge in [-0.15, -0.1) is 0 Å². The largest absolute Gasteiger partial charge is 0.496 e. The van der Waals surface area contributed by atoms with E-state index in [2.05, 4.69) is 0 Å². The summed E-state index contributed by atoms with van der Waals surface area (Å²) < 4.78 is 11.0. The monoisotopic (exact) mass is 342 g/mol. The zero-order valence-electron chi connectivity index (χ0n) is 14.7. The van der Waals surface area contributed by atoms with Crippen molar-refractivity contribution < 1.29 is 14.3 Å². The second-order valence-electron chi connectivity index (χ2n) is 6.06. The SMILES string of the molecule is COc1ccc2ccccc2c1C(=O)c1c(OC)ccc2ccccc12. The van der Waals surface area contributed by atoms with Gasteiger partial charge < -0.3 is 9.47 Å². The Morgan fingerprint density at radius 1 is 0.615 bits per heavy atom. The van der Waals surface area contributed by atoms with Crippen LogP contribution in [0.4, 0.5) is 0 Å². The Morgan fingerprint density at radius 3 is 1.46 bits per heavy atom. The highest BCUT2D eigenvalue weighted by atomic mass is 16.5. The molecule has 0 aliphatic carbocycles. The molecular weight excluding hydrogens is 324 g/mol. The lowest BCUT2D eigenvalue weighted by Crippen LogP contribution is -2.08. The van der Waals surface area contributed by atoms with E-state index in [1.807, 2.05) is 72.8 Å². The molecule has 0 atom stereocenters. The molecule has 0 fully saturated rings. The number of rotatable bonds is 4. The van der Waals surface area contributed by atoms with Gasteiger partial charge in [0.05, 0.1) is 25.3 Å². The first-order chi connectivity index (χ1) is 12.7. The molecule has 0 aliphatic rings. The minimum absolute atomic E-state index is 0.104. The first kappa shape index (κ1) is 16.2. The van der Waals surface area contributed by atoms with E-state index in [9.17, 15) is 4.79 Å². The lowest BCUT2D eigenvalue weighted by Gasteiger charge is -2.15. The van der Waals surface area contributed by atoms with Crippen molar-refractivity contribution in [2.75, 3.05) is 14.2 Å². The Bertz CT molecular complexity index is 1040. The van der Waals surface area contributed by atoms with Gasteiger partial charge in [-0.25, -0.2) is 0 Å². The maximum absolute atomic E-state index is 13.7. The van der Waals surface area contributed by atoms with Gasteiger partial charge in [0.25, 0.3) is 0 Å². The van der Waals surface area contributed by atoms with Gasteiger partial charge in [0.1, 0.15) is 11.5 Å². The molecule has 0 saturated carbocycles. The van der Waals surface area contributed by atoms with Crippen LogP contribution in [0.3, 0.4) is 0 Å². The highest BCUT2D eigenvalue weighted by molar-refractivity contribution is 6.24. The van der Waals surface area contributed by atoms with Crippen molar-refractivity contribution in [3.8, 4) is 11.5 Å². The Hall–Kier alpha value is -3.33. The molecule has 128 valence electrons. The molecule has 26 heavy (non-hydrogen) atoms. The maximum Gasteiger partial charge on any atom is 0.201 e. The Labute approximate surface area is 151 Å². The van der Waals surface area contributed by atoms with Gasteiger partial charge in [-0.05, 0) is 33.7 Å². The summed E-state index contributed by atoms with van der Waals surface area (Å²) in [4.78, 5) is 13.7. The Balaban J connectivity index is 2.06. The lowest BCUT2D eigenvalue weighted by molar-refractivity contribution is 0.103. The van der Waals surface area contributed by atoms with Crippen LogP contribution in [-0.4, -0.2) is 20.0 Å². The first-order valence-corrected chi connectivity index (χ1v) is 8.40. The summed E-state index contributed by atoms with van der Waals surface area (Å²) in [7, 11) is 3.17. The number of hydrogen-bond donors (Lipinski definition) is 0. The zero-order valence-corrected chi connectivity index (χ0v) is 14.7. The van der Waals surface area contributed by atoms with Gasteiger partial charge in [0.2, 0.25) is 5.78 Å². The molecule has 0 aliphatic heterocycles. The molecule has 0 radical (unpaired) electrons. The lowest BCUT2D eigenvalue weighted by atomic mass is 9.92. The van der Waals surface area contributed by atoms with Crippen LogP contribution in [0.15, 0.2) is 72.8 Å². The van der Waals surface area contributed by atoms with Crippen LogP contribution in [0.5, 0.6) is 11.5 Å². The first-order valence-electron chi connectivity index (χ1n) is 8.40. The molecule has 0 N–H and O–H groups in total. The zero-order chi connectivity index (χ0) is 18.1. The van der Waals surface area contributed by atoms with Crippen molar-refractivity contribution in [2.24, 2.45) is 0 Å². The maximum atomic E-state index is 13.7. The van der Waals surface area contributed by atoms with Gasteiger partial charge in [-0.1, -0.05) is 60.7 Å². The summed E-state index contributed by atoms with van der Waals surface area (Å²) in [5.74, 6) is 1.01. The third kappa shape index (κ3) is 2.49. The van der Waals surface area contributed by atoms with Crippen LogP contribution >= 0.6 is 0 Å². The summed E-state index contributed by atoms with van der Waals surface area (Å²) in [5.41, 5.74) is 1.11. The van der Waals surface area contributed by atoms with Crippen LogP contribution in [0.2, 0.25) is 0 Å². The van der Waals surface area contributed by atoms with E-state index in [-0.39, 0.29) is 5.78 Å². The molecule has 3 nitrogen and oxygen atoms in total. The molecule has 0 heterocycles. The number of ether oxygens (including phenoxy) is 2. The molecule has 0 bridgehead atoms. The van der Waals surface area contributed by atoms with Crippen molar-refractivity contribution in [2.45, 2.75) is 0 Å². The van der Waals surface area contributed by atoms with E-state index in [1.54, 1.807) is 14.2 Å². The minimum atomic E-state index is -0.104. The van der Waals surface area contributed by atoms with Gasteiger partial charge >= 0.3 is 0 Å². The topological polar surface area (TPSA) is 35.5 Å². The van der Waals surface area contributed by atoms with E-state index in [0.29, 0.717) is 22.6 Å². The van der Waals surface area contributed by atoms with Crippen molar-refractivity contribution >= 4 is 27.3 Å². The quantitative estimate of drug-likeness (QED) is 0.476. The molecule has 0 saturated heterocycles. The average Bonchev–Trinajstić information content (AvgIpc) is 2.71. The van der Waals surface area contributed by atoms with Gasteiger partial charge in [-0.3, -0.25) is 4.79 Å². The summed E-state index contributed by atoms with van der Waals surface area (Å²) in [6, 6.07) is 23.3. The van der Waals surface area contributed by atoms with Crippen LogP contribution < -0.4 is 9.47 Å². The fraction of sp³-hybridized carbons (Fsp3) is 0.0870. The van der Waals surface area contributed by atoms with E-state index < -0.39 is 0 Å². The molecular formula is C23H18O3. The number of fused-ring (bicyclic) bond motifs is 2. The molecule has 0 unspecified atom stereocenters. The fourth-order valence-electron chi connectivity index (χ4n) is 3.44. The van der Waals surface area contributed by atoms with E-state index >= 15 is 0 Å². The molecule has 4 rings (SSSR count). The van der Waals surface area contributed by atoms with Gasteiger partial charge in [-0.2, -0.15) is 0 Å². The molecule has 0 spiro atoms. The molecule has 0 aromatic heterocycles. The predicted molar refractivity (Wildman–Crippen MR) is 104 cm³/mol. The molecule has 0 amide bonds. The number of methoxy groups -OCH3 is 2. The van der Waals surface area contributed by atoms with E-state index in [0.717, 1.165) is 21.5 Å². The third-order valence-electron chi connectivity index (χ3n) is 4.68. The summed E-state index contributed by atoms with van der Waals surface area (Å²) in [6.45, 7) is 0.